The minimum Gasteiger partial charge on any atom is -0.489 e. The van der Waals surface area contributed by atoms with Crippen molar-refractivity contribution in [3.8, 4) is 11.8 Å². The number of fused-ring (bicyclic) bond motifs is 1. The molecule has 0 unspecified atom stereocenters. The minimum absolute atomic E-state index is 0.0639. The molecule has 6 nitrogen and oxygen atoms in total. The summed E-state index contributed by atoms with van der Waals surface area (Å²) in [5, 5.41) is 9.55. The fourth-order valence-corrected chi connectivity index (χ4v) is 2.76. The molecule has 138 valence electrons. The van der Waals surface area contributed by atoms with E-state index in [-0.39, 0.29) is 24.5 Å². The van der Waals surface area contributed by atoms with Gasteiger partial charge in [0.1, 0.15) is 19.0 Å². The molecule has 1 heterocycles. The predicted molar refractivity (Wildman–Crippen MR) is 99.8 cm³/mol. The van der Waals surface area contributed by atoms with Crippen molar-refractivity contribution in [3.05, 3.63) is 70.5 Å². The average Bonchev–Trinajstić information content (AvgIpc) is 2.66. The molecule has 2 aromatic carbocycles. The van der Waals surface area contributed by atoms with Crippen molar-refractivity contribution in [1.82, 2.24) is 14.5 Å². The number of nitriles is 1. The lowest BCUT2D eigenvalue weighted by Crippen LogP contribution is -2.31. The van der Waals surface area contributed by atoms with E-state index >= 15 is 0 Å². The van der Waals surface area contributed by atoms with Crippen molar-refractivity contribution >= 4 is 10.9 Å². The molecule has 0 atom stereocenters. The summed E-state index contributed by atoms with van der Waals surface area (Å²) >= 11 is 0. The Balaban J connectivity index is 1.73. The molecule has 27 heavy (non-hydrogen) atoms. The molecular weight excluding hydrogens is 347 g/mol. The Hall–Kier alpha value is -3.24. The second-order valence-corrected chi connectivity index (χ2v) is 6.11. The summed E-state index contributed by atoms with van der Waals surface area (Å²) in [6, 6.07) is 15.3. The maximum absolute atomic E-state index is 13.6. The van der Waals surface area contributed by atoms with E-state index in [1.54, 1.807) is 36.4 Å². The summed E-state index contributed by atoms with van der Waals surface area (Å²) in [4.78, 5) is 19.1. The highest BCUT2D eigenvalue weighted by molar-refractivity contribution is 5.77. The zero-order chi connectivity index (χ0) is 19.2. The first-order valence-corrected chi connectivity index (χ1v) is 8.51. The average molecular weight is 366 g/mol. The molecule has 0 N–H and O–H groups in total. The van der Waals surface area contributed by atoms with Crippen LogP contribution in [0, 0.1) is 17.1 Å². The highest BCUT2D eigenvalue weighted by Gasteiger charge is 2.13. The Labute approximate surface area is 156 Å². The number of nitrogens with zero attached hydrogens (tertiary/aromatic N) is 4. The number of benzene rings is 2. The highest BCUT2D eigenvalue weighted by Crippen LogP contribution is 2.15. The third-order valence-corrected chi connectivity index (χ3v) is 4.15. The molecular formula is C20H19FN4O2. The highest BCUT2D eigenvalue weighted by atomic mass is 19.1. The Bertz CT molecular complexity index is 1040. The van der Waals surface area contributed by atoms with Crippen molar-refractivity contribution in [2.75, 3.05) is 20.2 Å². The lowest BCUT2D eigenvalue weighted by molar-refractivity contribution is 0.222. The zero-order valence-electron chi connectivity index (χ0n) is 14.9. The Morgan fingerprint density at radius 2 is 1.96 bits per heavy atom. The number of likely N-dealkylation sites (N-methyl/N-ethyl adjacent to an activating group) is 1. The first kappa shape index (κ1) is 18.5. The maximum Gasteiger partial charge on any atom is 0.262 e. The summed E-state index contributed by atoms with van der Waals surface area (Å²) in [6.07, 6.45) is 0. The Morgan fingerprint density at radius 1 is 1.22 bits per heavy atom. The second kappa shape index (κ2) is 8.43. The summed E-state index contributed by atoms with van der Waals surface area (Å²) in [5.74, 6) is 0.309. The van der Waals surface area contributed by atoms with Gasteiger partial charge in [0.25, 0.3) is 5.56 Å². The number of ether oxygens (including phenoxy) is 1. The third kappa shape index (κ3) is 4.30. The lowest BCUT2D eigenvalue weighted by Gasteiger charge is -2.19. The quantitative estimate of drug-likeness (QED) is 0.643. The monoisotopic (exact) mass is 366 g/mol. The van der Waals surface area contributed by atoms with Crippen LogP contribution in [0.15, 0.2) is 53.3 Å². The van der Waals surface area contributed by atoms with Crippen LogP contribution in [-0.4, -0.2) is 34.7 Å². The summed E-state index contributed by atoms with van der Waals surface area (Å²) in [7, 11) is 1.85. The standard InChI is InChI=1S/C20H19FN4O2/c1-24(12-13-27-18-9-5-3-7-16(18)21)14-19-23-17-8-4-2-6-15(17)20(26)25(19)11-10-22/h2-9H,11-14H2,1H3. The molecule has 0 radical (unpaired) electrons. The van der Waals surface area contributed by atoms with E-state index in [2.05, 4.69) is 4.98 Å². The van der Waals surface area contributed by atoms with Crippen LogP contribution >= 0.6 is 0 Å². The van der Waals surface area contributed by atoms with Gasteiger partial charge in [0.15, 0.2) is 11.6 Å². The molecule has 0 fully saturated rings. The van der Waals surface area contributed by atoms with Gasteiger partial charge in [-0.3, -0.25) is 14.3 Å². The first-order chi connectivity index (χ1) is 13.1. The van der Waals surface area contributed by atoms with Crippen LogP contribution in [0.1, 0.15) is 5.82 Å². The number of aromatic nitrogens is 2. The summed E-state index contributed by atoms with van der Waals surface area (Å²) < 4.78 is 20.4. The van der Waals surface area contributed by atoms with Crippen molar-refractivity contribution in [2.45, 2.75) is 13.1 Å². The van der Waals surface area contributed by atoms with Gasteiger partial charge >= 0.3 is 0 Å². The summed E-state index contributed by atoms with van der Waals surface area (Å²) in [6.45, 7) is 1.09. The molecule has 7 heteroatoms. The normalized spacial score (nSPS) is 10.9. The van der Waals surface area contributed by atoms with Gasteiger partial charge in [0, 0.05) is 6.54 Å². The maximum atomic E-state index is 13.6. The number of para-hydroxylation sites is 2. The van der Waals surface area contributed by atoms with Gasteiger partial charge in [-0.2, -0.15) is 5.26 Å². The van der Waals surface area contributed by atoms with Gasteiger partial charge in [-0.1, -0.05) is 24.3 Å². The molecule has 0 spiro atoms. The van der Waals surface area contributed by atoms with Crippen LogP contribution in [0.25, 0.3) is 10.9 Å². The number of hydrogen-bond donors (Lipinski definition) is 0. The van der Waals surface area contributed by atoms with Crippen molar-refractivity contribution in [1.29, 1.82) is 5.26 Å². The molecule has 0 amide bonds. The fourth-order valence-electron chi connectivity index (χ4n) is 2.76. The first-order valence-electron chi connectivity index (χ1n) is 8.51. The van der Waals surface area contributed by atoms with Crippen LogP contribution in [-0.2, 0) is 13.1 Å². The molecule has 3 aromatic rings. The van der Waals surface area contributed by atoms with Gasteiger partial charge in [-0.25, -0.2) is 9.37 Å². The van der Waals surface area contributed by atoms with E-state index in [1.807, 2.05) is 24.1 Å². The molecule has 1 aromatic heterocycles. The van der Waals surface area contributed by atoms with Gasteiger partial charge < -0.3 is 4.74 Å². The number of halogens is 1. The van der Waals surface area contributed by atoms with Gasteiger partial charge in [0.05, 0.1) is 23.5 Å². The number of rotatable bonds is 7. The van der Waals surface area contributed by atoms with Crippen LogP contribution < -0.4 is 10.3 Å². The van der Waals surface area contributed by atoms with Crippen molar-refractivity contribution in [2.24, 2.45) is 0 Å². The smallest absolute Gasteiger partial charge is 0.262 e. The second-order valence-electron chi connectivity index (χ2n) is 6.11. The SMILES string of the molecule is CN(CCOc1ccccc1F)Cc1nc2ccccc2c(=O)n1CC#N. The van der Waals surface area contributed by atoms with E-state index < -0.39 is 5.82 Å². The van der Waals surface area contributed by atoms with Gasteiger partial charge in [0.2, 0.25) is 0 Å². The third-order valence-electron chi connectivity index (χ3n) is 4.15. The van der Waals surface area contributed by atoms with E-state index in [0.29, 0.717) is 29.8 Å². The molecule has 0 saturated heterocycles. The Morgan fingerprint density at radius 3 is 2.74 bits per heavy atom. The van der Waals surface area contributed by atoms with Crippen LogP contribution in [0.3, 0.4) is 0 Å². The van der Waals surface area contributed by atoms with Crippen LogP contribution in [0.2, 0.25) is 0 Å². The predicted octanol–water partition coefficient (Wildman–Crippen LogP) is 2.57. The zero-order valence-corrected chi connectivity index (χ0v) is 14.9. The molecule has 0 aliphatic rings. The lowest BCUT2D eigenvalue weighted by atomic mass is 10.2. The Kier molecular flexibility index (Phi) is 5.79. The van der Waals surface area contributed by atoms with E-state index in [1.165, 1.54) is 10.6 Å². The molecule has 0 aliphatic carbocycles. The largest absolute Gasteiger partial charge is 0.489 e. The molecule has 3 rings (SSSR count). The van der Waals surface area contributed by atoms with E-state index in [4.69, 9.17) is 10.00 Å². The molecule has 0 saturated carbocycles. The van der Waals surface area contributed by atoms with Crippen LogP contribution in [0.4, 0.5) is 4.39 Å². The minimum atomic E-state index is -0.404. The van der Waals surface area contributed by atoms with Crippen molar-refractivity contribution in [3.63, 3.8) is 0 Å². The number of hydrogen-bond acceptors (Lipinski definition) is 5. The van der Waals surface area contributed by atoms with Crippen LogP contribution in [0.5, 0.6) is 5.75 Å². The van der Waals surface area contributed by atoms with Gasteiger partial charge in [-0.15, -0.1) is 0 Å². The topological polar surface area (TPSA) is 71.2 Å². The fraction of sp³-hybridized carbons (Fsp3) is 0.250. The molecule has 0 aliphatic heterocycles. The summed E-state index contributed by atoms with van der Waals surface area (Å²) in [5.41, 5.74) is 0.371. The van der Waals surface area contributed by atoms with Gasteiger partial charge in [-0.05, 0) is 31.3 Å². The van der Waals surface area contributed by atoms with E-state index in [0.717, 1.165) is 0 Å². The molecule has 0 bridgehead atoms. The van der Waals surface area contributed by atoms with E-state index in [9.17, 15) is 9.18 Å². The van der Waals surface area contributed by atoms with Crippen molar-refractivity contribution < 1.29 is 9.13 Å².